The number of aliphatic hydroxyl groups is 1. The summed E-state index contributed by atoms with van der Waals surface area (Å²) in [6.07, 6.45) is -0.577. The molecule has 106 valence electrons. The van der Waals surface area contributed by atoms with E-state index in [0.717, 1.165) is 5.56 Å². The molecule has 0 spiro atoms. The fourth-order valence-electron chi connectivity index (χ4n) is 1.57. The number of carbonyl (C=O) groups is 1. The van der Waals surface area contributed by atoms with E-state index in [1.54, 1.807) is 25.1 Å². The normalized spacial score (nSPS) is 12.1. The maximum absolute atomic E-state index is 11.5. The van der Waals surface area contributed by atoms with Crippen molar-refractivity contribution in [3.05, 3.63) is 23.8 Å². The lowest BCUT2D eigenvalue weighted by molar-refractivity contribution is -0.123. The van der Waals surface area contributed by atoms with Crippen LogP contribution in [0.15, 0.2) is 18.2 Å². The minimum atomic E-state index is -0.577. The van der Waals surface area contributed by atoms with Gasteiger partial charge in [0.15, 0.2) is 18.1 Å². The molecule has 1 aromatic rings. The van der Waals surface area contributed by atoms with Crippen molar-refractivity contribution >= 4 is 5.91 Å². The van der Waals surface area contributed by atoms with Crippen LogP contribution in [0, 0.1) is 0 Å². The second-order valence-corrected chi connectivity index (χ2v) is 4.60. The van der Waals surface area contributed by atoms with E-state index in [1.165, 1.54) is 7.11 Å². The van der Waals surface area contributed by atoms with E-state index in [9.17, 15) is 9.90 Å². The maximum Gasteiger partial charge on any atom is 0.258 e. The van der Waals surface area contributed by atoms with E-state index >= 15 is 0 Å². The Morgan fingerprint density at radius 3 is 2.53 bits per heavy atom. The van der Waals surface area contributed by atoms with Gasteiger partial charge >= 0.3 is 0 Å². The second-order valence-electron chi connectivity index (χ2n) is 4.60. The molecule has 0 aliphatic heterocycles. The highest BCUT2D eigenvalue weighted by Crippen LogP contribution is 2.30. The van der Waals surface area contributed by atoms with Crippen LogP contribution in [0.2, 0.25) is 0 Å². The number of rotatable bonds is 6. The molecule has 0 radical (unpaired) electrons. The minimum absolute atomic E-state index is 0.0669. The van der Waals surface area contributed by atoms with Gasteiger partial charge in [-0.05, 0) is 38.5 Å². The predicted molar refractivity (Wildman–Crippen MR) is 72.4 cm³/mol. The van der Waals surface area contributed by atoms with E-state index in [2.05, 4.69) is 5.32 Å². The smallest absolute Gasteiger partial charge is 0.258 e. The van der Waals surface area contributed by atoms with Crippen molar-refractivity contribution < 1.29 is 19.4 Å². The van der Waals surface area contributed by atoms with Crippen molar-refractivity contribution in [3.63, 3.8) is 0 Å². The van der Waals surface area contributed by atoms with Gasteiger partial charge in [-0.25, -0.2) is 0 Å². The van der Waals surface area contributed by atoms with Crippen molar-refractivity contribution in [1.29, 1.82) is 0 Å². The fourth-order valence-corrected chi connectivity index (χ4v) is 1.57. The molecule has 0 aliphatic rings. The summed E-state index contributed by atoms with van der Waals surface area (Å²) >= 11 is 0. The molecule has 19 heavy (non-hydrogen) atoms. The van der Waals surface area contributed by atoms with Crippen molar-refractivity contribution in [2.75, 3.05) is 13.7 Å². The van der Waals surface area contributed by atoms with Crippen LogP contribution in [0.3, 0.4) is 0 Å². The molecule has 0 saturated heterocycles. The van der Waals surface area contributed by atoms with E-state index in [1.807, 2.05) is 13.8 Å². The summed E-state index contributed by atoms with van der Waals surface area (Å²) in [6, 6.07) is 5.20. The summed E-state index contributed by atoms with van der Waals surface area (Å²) in [5.74, 6) is 0.790. The number of methoxy groups -OCH3 is 1. The van der Waals surface area contributed by atoms with Gasteiger partial charge in [0.1, 0.15) is 0 Å². The molecular weight excluding hydrogens is 246 g/mol. The van der Waals surface area contributed by atoms with Crippen LogP contribution in [0.1, 0.15) is 32.4 Å². The van der Waals surface area contributed by atoms with E-state index < -0.39 is 6.10 Å². The van der Waals surface area contributed by atoms with Gasteiger partial charge in [-0.15, -0.1) is 0 Å². The highest BCUT2D eigenvalue weighted by molar-refractivity contribution is 5.77. The van der Waals surface area contributed by atoms with Crippen LogP contribution in [-0.2, 0) is 4.79 Å². The Bertz CT molecular complexity index is 429. The molecule has 5 heteroatoms. The molecule has 1 aromatic carbocycles. The predicted octanol–water partition coefficient (Wildman–Crippen LogP) is 1.65. The molecule has 0 fully saturated rings. The number of amides is 1. The average Bonchev–Trinajstić information content (AvgIpc) is 2.35. The van der Waals surface area contributed by atoms with Crippen molar-refractivity contribution in [2.45, 2.75) is 32.9 Å². The topological polar surface area (TPSA) is 67.8 Å². The van der Waals surface area contributed by atoms with E-state index in [-0.39, 0.29) is 18.6 Å². The standard InChI is InChI=1S/C14H21NO4/c1-9(2)15-14(17)8-19-12-6-5-11(10(3)16)7-13(12)18-4/h5-7,9-10,16H,8H2,1-4H3,(H,15,17). The molecular formula is C14H21NO4. The lowest BCUT2D eigenvalue weighted by Crippen LogP contribution is -2.34. The van der Waals surface area contributed by atoms with Crippen molar-refractivity contribution in [2.24, 2.45) is 0 Å². The molecule has 1 atom stereocenters. The van der Waals surface area contributed by atoms with Crippen LogP contribution in [-0.4, -0.2) is 30.8 Å². The van der Waals surface area contributed by atoms with Crippen molar-refractivity contribution in [3.8, 4) is 11.5 Å². The first-order valence-corrected chi connectivity index (χ1v) is 6.22. The Morgan fingerprint density at radius 1 is 1.32 bits per heavy atom. The van der Waals surface area contributed by atoms with Crippen molar-refractivity contribution in [1.82, 2.24) is 5.32 Å². The van der Waals surface area contributed by atoms with Gasteiger partial charge in [-0.2, -0.15) is 0 Å². The third kappa shape index (κ3) is 4.79. The Morgan fingerprint density at radius 2 is 2.00 bits per heavy atom. The highest BCUT2D eigenvalue weighted by Gasteiger charge is 2.11. The van der Waals surface area contributed by atoms with E-state index in [0.29, 0.717) is 11.5 Å². The van der Waals surface area contributed by atoms with Crippen LogP contribution in [0.25, 0.3) is 0 Å². The number of hydrogen-bond acceptors (Lipinski definition) is 4. The molecule has 0 saturated carbocycles. The molecule has 0 heterocycles. The summed E-state index contributed by atoms with van der Waals surface area (Å²) in [4.78, 5) is 11.5. The summed E-state index contributed by atoms with van der Waals surface area (Å²) in [5.41, 5.74) is 0.732. The fraction of sp³-hybridized carbons (Fsp3) is 0.500. The zero-order chi connectivity index (χ0) is 14.4. The lowest BCUT2D eigenvalue weighted by atomic mass is 10.1. The number of ether oxygens (including phenoxy) is 2. The monoisotopic (exact) mass is 267 g/mol. The minimum Gasteiger partial charge on any atom is -0.493 e. The van der Waals surface area contributed by atoms with Crippen LogP contribution in [0.4, 0.5) is 0 Å². The SMILES string of the molecule is COc1cc(C(C)O)ccc1OCC(=O)NC(C)C. The Kier molecular flexibility index (Phi) is 5.63. The Hall–Kier alpha value is -1.75. The molecule has 2 N–H and O–H groups in total. The third-order valence-corrected chi connectivity index (χ3v) is 2.48. The zero-order valence-corrected chi connectivity index (χ0v) is 11.8. The number of aliphatic hydroxyl groups excluding tert-OH is 1. The zero-order valence-electron chi connectivity index (χ0n) is 11.8. The van der Waals surface area contributed by atoms with E-state index in [4.69, 9.17) is 9.47 Å². The van der Waals surface area contributed by atoms with Crippen LogP contribution >= 0.6 is 0 Å². The average molecular weight is 267 g/mol. The molecule has 0 aromatic heterocycles. The number of benzene rings is 1. The lowest BCUT2D eigenvalue weighted by Gasteiger charge is -2.14. The van der Waals surface area contributed by atoms with Gasteiger partial charge < -0.3 is 19.9 Å². The van der Waals surface area contributed by atoms with Gasteiger partial charge in [0.25, 0.3) is 5.91 Å². The van der Waals surface area contributed by atoms with Gasteiger partial charge in [0.05, 0.1) is 13.2 Å². The van der Waals surface area contributed by atoms with Crippen LogP contribution < -0.4 is 14.8 Å². The molecule has 0 aliphatic carbocycles. The molecule has 1 amide bonds. The number of carbonyl (C=O) groups excluding carboxylic acids is 1. The molecule has 1 rings (SSSR count). The quantitative estimate of drug-likeness (QED) is 0.822. The van der Waals surface area contributed by atoms with Gasteiger partial charge in [0, 0.05) is 6.04 Å². The Labute approximate surface area is 113 Å². The Balaban J connectivity index is 2.70. The molecule has 5 nitrogen and oxygen atoms in total. The largest absolute Gasteiger partial charge is 0.493 e. The highest BCUT2D eigenvalue weighted by atomic mass is 16.5. The number of hydrogen-bond donors (Lipinski definition) is 2. The number of nitrogens with one attached hydrogen (secondary N) is 1. The summed E-state index contributed by atoms with van der Waals surface area (Å²) in [6.45, 7) is 5.37. The summed E-state index contributed by atoms with van der Waals surface area (Å²) in [5, 5.41) is 12.2. The first kappa shape index (κ1) is 15.3. The first-order valence-electron chi connectivity index (χ1n) is 6.22. The van der Waals surface area contributed by atoms with Gasteiger partial charge in [0.2, 0.25) is 0 Å². The molecule has 0 bridgehead atoms. The summed E-state index contributed by atoms with van der Waals surface area (Å²) in [7, 11) is 1.52. The second kappa shape index (κ2) is 6.99. The first-order chi connectivity index (χ1) is 8.93. The third-order valence-electron chi connectivity index (χ3n) is 2.48. The van der Waals surface area contributed by atoms with Crippen LogP contribution in [0.5, 0.6) is 11.5 Å². The maximum atomic E-state index is 11.5. The molecule has 1 unspecified atom stereocenters. The van der Waals surface area contributed by atoms with Gasteiger partial charge in [-0.1, -0.05) is 6.07 Å². The van der Waals surface area contributed by atoms with Gasteiger partial charge in [-0.3, -0.25) is 4.79 Å². The summed E-state index contributed by atoms with van der Waals surface area (Å²) < 4.78 is 10.6.